The molecule has 1 atom stereocenters. The molecular weight excluding hydrogens is 325 g/mol. The lowest BCUT2D eigenvalue weighted by atomic mass is 9.93. The molecule has 2 aromatic carbocycles. The summed E-state index contributed by atoms with van der Waals surface area (Å²) in [5.41, 5.74) is -3.38. The SMILES string of the molecule is CC(Oc1ccccc1)(C(=O)O)C(=O)c1ccc(C(F)(F)F)cc1. The zero-order valence-electron chi connectivity index (χ0n) is 12.5. The predicted molar refractivity (Wildman–Crippen MR) is 78.9 cm³/mol. The highest BCUT2D eigenvalue weighted by molar-refractivity contribution is 6.14. The van der Waals surface area contributed by atoms with Crippen LogP contribution in [0.15, 0.2) is 54.6 Å². The Morgan fingerprint density at radius 1 is 0.958 bits per heavy atom. The van der Waals surface area contributed by atoms with Crippen LogP contribution in [0, 0.1) is 0 Å². The second-order valence-corrected chi connectivity index (χ2v) is 5.16. The van der Waals surface area contributed by atoms with Gasteiger partial charge in [-0.2, -0.15) is 13.2 Å². The average Bonchev–Trinajstić information content (AvgIpc) is 2.54. The Morgan fingerprint density at radius 2 is 1.50 bits per heavy atom. The van der Waals surface area contributed by atoms with E-state index in [1.807, 2.05) is 0 Å². The first-order valence-electron chi connectivity index (χ1n) is 6.84. The molecule has 2 aromatic rings. The van der Waals surface area contributed by atoms with Crippen molar-refractivity contribution in [3.05, 3.63) is 65.7 Å². The highest BCUT2D eigenvalue weighted by atomic mass is 19.4. The van der Waals surface area contributed by atoms with Gasteiger partial charge < -0.3 is 9.84 Å². The minimum Gasteiger partial charge on any atom is -0.478 e. The number of aliphatic carboxylic acids is 1. The first kappa shape index (κ1) is 17.5. The lowest BCUT2D eigenvalue weighted by Crippen LogP contribution is -2.49. The molecule has 7 heteroatoms. The maximum absolute atomic E-state index is 12.6. The Bertz CT molecular complexity index is 739. The van der Waals surface area contributed by atoms with Crippen molar-refractivity contribution in [1.82, 2.24) is 0 Å². The molecular formula is C17H13F3O4. The second kappa shape index (κ2) is 6.35. The Balaban J connectivity index is 2.34. The first-order chi connectivity index (χ1) is 11.1. The number of carbonyl (C=O) groups is 2. The van der Waals surface area contributed by atoms with Crippen LogP contribution in [0.25, 0.3) is 0 Å². The highest BCUT2D eigenvalue weighted by Crippen LogP contribution is 2.30. The van der Waals surface area contributed by atoms with E-state index in [1.165, 1.54) is 12.1 Å². The number of carboxylic acids is 1. The number of hydrogen-bond acceptors (Lipinski definition) is 3. The number of halogens is 3. The predicted octanol–water partition coefficient (Wildman–Crippen LogP) is 3.81. The number of para-hydroxylation sites is 1. The van der Waals surface area contributed by atoms with E-state index in [9.17, 15) is 27.9 Å². The van der Waals surface area contributed by atoms with Crippen molar-refractivity contribution in [1.29, 1.82) is 0 Å². The molecule has 126 valence electrons. The van der Waals surface area contributed by atoms with Gasteiger partial charge in [-0.25, -0.2) is 4.79 Å². The lowest BCUT2D eigenvalue weighted by Gasteiger charge is -2.25. The molecule has 1 unspecified atom stereocenters. The van der Waals surface area contributed by atoms with Crippen LogP contribution in [0.4, 0.5) is 13.2 Å². The molecule has 0 fully saturated rings. The van der Waals surface area contributed by atoms with E-state index in [1.54, 1.807) is 18.2 Å². The fourth-order valence-electron chi connectivity index (χ4n) is 2.00. The van der Waals surface area contributed by atoms with Crippen LogP contribution < -0.4 is 4.74 Å². The number of rotatable bonds is 5. The monoisotopic (exact) mass is 338 g/mol. The van der Waals surface area contributed by atoms with E-state index in [0.29, 0.717) is 0 Å². The van der Waals surface area contributed by atoms with Crippen LogP contribution in [0.2, 0.25) is 0 Å². The van der Waals surface area contributed by atoms with E-state index < -0.39 is 29.1 Å². The second-order valence-electron chi connectivity index (χ2n) is 5.16. The Hall–Kier alpha value is -2.83. The quantitative estimate of drug-likeness (QED) is 0.665. The van der Waals surface area contributed by atoms with Crippen molar-refractivity contribution in [3.63, 3.8) is 0 Å². The van der Waals surface area contributed by atoms with Crippen LogP contribution >= 0.6 is 0 Å². The third kappa shape index (κ3) is 3.56. The van der Waals surface area contributed by atoms with Crippen molar-refractivity contribution in [2.24, 2.45) is 0 Å². The Morgan fingerprint density at radius 3 is 1.96 bits per heavy atom. The molecule has 0 saturated carbocycles. The molecule has 2 rings (SSSR count). The average molecular weight is 338 g/mol. The normalized spacial score (nSPS) is 13.8. The summed E-state index contributed by atoms with van der Waals surface area (Å²) in [6.45, 7) is 1.06. The van der Waals surface area contributed by atoms with E-state index in [0.717, 1.165) is 31.2 Å². The van der Waals surface area contributed by atoms with Gasteiger partial charge in [-0.3, -0.25) is 4.79 Å². The number of benzene rings is 2. The molecule has 0 saturated heterocycles. The molecule has 0 aliphatic carbocycles. The summed E-state index contributed by atoms with van der Waals surface area (Å²) in [5.74, 6) is -2.34. The standard InChI is InChI=1S/C17H13F3O4/c1-16(15(22)23,24-13-5-3-2-4-6-13)14(21)11-7-9-12(10-8-11)17(18,19)20/h2-10H,1H3,(H,22,23). The van der Waals surface area contributed by atoms with E-state index >= 15 is 0 Å². The maximum Gasteiger partial charge on any atom is 0.416 e. The van der Waals surface area contributed by atoms with Gasteiger partial charge in [0.05, 0.1) is 5.56 Å². The van der Waals surface area contributed by atoms with Crippen LogP contribution in [-0.4, -0.2) is 22.5 Å². The van der Waals surface area contributed by atoms with E-state index in [4.69, 9.17) is 4.74 Å². The number of hydrogen-bond donors (Lipinski definition) is 1. The molecule has 1 N–H and O–H groups in total. The van der Waals surface area contributed by atoms with Crippen LogP contribution in [0.3, 0.4) is 0 Å². The summed E-state index contributed by atoms with van der Waals surface area (Å²) in [7, 11) is 0. The van der Waals surface area contributed by atoms with Crippen molar-refractivity contribution >= 4 is 11.8 Å². The summed E-state index contributed by atoms with van der Waals surface area (Å²) in [6.07, 6.45) is -4.54. The van der Waals surface area contributed by atoms with Gasteiger partial charge in [0.15, 0.2) is 0 Å². The van der Waals surface area contributed by atoms with Gasteiger partial charge in [0.1, 0.15) is 5.75 Å². The van der Waals surface area contributed by atoms with Crippen LogP contribution in [0.1, 0.15) is 22.8 Å². The van der Waals surface area contributed by atoms with E-state index in [-0.39, 0.29) is 11.3 Å². The Kier molecular flexibility index (Phi) is 4.64. The zero-order chi connectivity index (χ0) is 18.0. The van der Waals surface area contributed by atoms with Gasteiger partial charge in [0, 0.05) is 5.56 Å². The van der Waals surface area contributed by atoms with Crippen molar-refractivity contribution < 1.29 is 32.6 Å². The van der Waals surface area contributed by atoms with Gasteiger partial charge in [0.25, 0.3) is 5.60 Å². The summed E-state index contributed by atoms with van der Waals surface area (Å²) in [6, 6.07) is 11.1. The molecule has 0 amide bonds. The number of carbonyl (C=O) groups excluding carboxylic acids is 1. The lowest BCUT2D eigenvalue weighted by molar-refractivity contribution is -0.149. The third-order valence-electron chi connectivity index (χ3n) is 3.38. The summed E-state index contributed by atoms with van der Waals surface area (Å²) >= 11 is 0. The topological polar surface area (TPSA) is 63.6 Å². The molecule has 0 radical (unpaired) electrons. The summed E-state index contributed by atoms with van der Waals surface area (Å²) in [5, 5.41) is 9.38. The fourth-order valence-corrected chi connectivity index (χ4v) is 2.00. The smallest absolute Gasteiger partial charge is 0.416 e. The zero-order valence-corrected chi connectivity index (χ0v) is 12.5. The number of Topliss-reactive ketones (excluding diaryl/α,β-unsaturated/α-hetero) is 1. The van der Waals surface area contributed by atoms with Gasteiger partial charge >= 0.3 is 12.1 Å². The van der Waals surface area contributed by atoms with Gasteiger partial charge in [-0.15, -0.1) is 0 Å². The molecule has 0 aromatic heterocycles. The van der Waals surface area contributed by atoms with Gasteiger partial charge in [-0.1, -0.05) is 30.3 Å². The minimum atomic E-state index is -4.54. The molecule has 0 aliphatic heterocycles. The number of ether oxygens (including phenoxy) is 1. The van der Waals surface area contributed by atoms with Crippen LogP contribution in [0.5, 0.6) is 5.75 Å². The molecule has 0 bridgehead atoms. The number of ketones is 1. The Labute approximate surface area is 135 Å². The number of alkyl halides is 3. The van der Waals surface area contributed by atoms with E-state index in [2.05, 4.69) is 0 Å². The molecule has 4 nitrogen and oxygen atoms in total. The summed E-state index contributed by atoms with van der Waals surface area (Å²) < 4.78 is 43.0. The minimum absolute atomic E-state index is 0.155. The largest absolute Gasteiger partial charge is 0.478 e. The van der Waals surface area contributed by atoms with Crippen molar-refractivity contribution in [2.75, 3.05) is 0 Å². The molecule has 0 aliphatic rings. The van der Waals surface area contributed by atoms with Gasteiger partial charge in [-0.05, 0) is 31.2 Å². The molecule has 0 spiro atoms. The molecule has 0 heterocycles. The van der Waals surface area contributed by atoms with Crippen molar-refractivity contribution in [3.8, 4) is 5.75 Å². The third-order valence-corrected chi connectivity index (χ3v) is 3.38. The van der Waals surface area contributed by atoms with Gasteiger partial charge in [0.2, 0.25) is 5.78 Å². The molecule has 24 heavy (non-hydrogen) atoms. The van der Waals surface area contributed by atoms with Crippen molar-refractivity contribution in [2.45, 2.75) is 18.7 Å². The fraction of sp³-hybridized carbons (Fsp3) is 0.176. The van der Waals surface area contributed by atoms with Crippen LogP contribution in [-0.2, 0) is 11.0 Å². The highest BCUT2D eigenvalue weighted by Gasteiger charge is 2.44. The first-order valence-corrected chi connectivity index (χ1v) is 6.84. The maximum atomic E-state index is 12.6. The number of carboxylic acid groups (broad SMARTS) is 1. The summed E-state index contributed by atoms with van der Waals surface area (Å²) in [4.78, 5) is 24.0.